The number of ketones is 3. The second-order valence-corrected chi connectivity index (χ2v) is 4.28. The number of hydrogen-bond donors (Lipinski definition) is 1. The molecule has 0 bridgehead atoms. The number of allylic oxidation sites excluding steroid dienone is 2. The van der Waals surface area contributed by atoms with E-state index in [1.165, 1.54) is 33.1 Å². The smallest absolute Gasteiger partial charge is 0.201 e. The van der Waals surface area contributed by atoms with Crippen molar-refractivity contribution in [3.8, 4) is 11.5 Å². The van der Waals surface area contributed by atoms with Gasteiger partial charge >= 0.3 is 0 Å². The van der Waals surface area contributed by atoms with Crippen LogP contribution in [0.2, 0.25) is 0 Å². The highest BCUT2D eigenvalue weighted by molar-refractivity contribution is 6.36. The molecule has 1 N–H and O–H groups in total. The minimum Gasteiger partial charge on any atom is -0.507 e. The Morgan fingerprint density at radius 2 is 1.84 bits per heavy atom. The van der Waals surface area contributed by atoms with E-state index in [1.54, 1.807) is 0 Å². The third-order valence-corrected chi connectivity index (χ3v) is 3.09. The highest BCUT2D eigenvalue weighted by Crippen LogP contribution is 2.35. The van der Waals surface area contributed by atoms with E-state index >= 15 is 0 Å². The molecule has 0 aromatic heterocycles. The van der Waals surface area contributed by atoms with Crippen molar-refractivity contribution in [3.05, 3.63) is 34.4 Å². The normalized spacial score (nSPS) is 14.5. The predicted octanol–water partition coefficient (Wildman–Crippen LogP) is 1.69. The first-order chi connectivity index (χ1) is 8.88. The molecule has 1 aliphatic rings. The van der Waals surface area contributed by atoms with E-state index in [-0.39, 0.29) is 33.8 Å². The van der Waals surface area contributed by atoms with Crippen LogP contribution in [0.25, 0.3) is 0 Å². The number of fused-ring (bicyclic) bond motifs is 1. The zero-order chi connectivity index (χ0) is 14.3. The van der Waals surface area contributed by atoms with Gasteiger partial charge in [-0.3, -0.25) is 14.4 Å². The third kappa shape index (κ3) is 1.83. The first-order valence-electron chi connectivity index (χ1n) is 5.60. The number of phenolic OH excluding ortho intramolecular Hbond substituents is 1. The zero-order valence-corrected chi connectivity index (χ0v) is 10.7. The Kier molecular flexibility index (Phi) is 2.98. The van der Waals surface area contributed by atoms with Crippen LogP contribution in [0, 0.1) is 0 Å². The first-order valence-corrected chi connectivity index (χ1v) is 5.60. The molecule has 0 radical (unpaired) electrons. The zero-order valence-electron chi connectivity index (χ0n) is 10.7. The first kappa shape index (κ1) is 13.0. The van der Waals surface area contributed by atoms with Crippen LogP contribution in [0.5, 0.6) is 11.5 Å². The van der Waals surface area contributed by atoms with E-state index in [4.69, 9.17) is 4.74 Å². The van der Waals surface area contributed by atoms with E-state index in [2.05, 4.69) is 0 Å². The summed E-state index contributed by atoms with van der Waals surface area (Å²) in [7, 11) is 1.39. The maximum Gasteiger partial charge on any atom is 0.201 e. The van der Waals surface area contributed by atoms with Gasteiger partial charge in [0.2, 0.25) is 5.78 Å². The number of ether oxygens (including phenoxy) is 1. The van der Waals surface area contributed by atoms with Crippen LogP contribution in [0.3, 0.4) is 0 Å². The van der Waals surface area contributed by atoms with E-state index in [9.17, 15) is 19.5 Å². The molecule has 0 aliphatic heterocycles. The number of benzene rings is 1. The maximum atomic E-state index is 12.2. The predicted molar refractivity (Wildman–Crippen MR) is 66.7 cm³/mol. The summed E-state index contributed by atoms with van der Waals surface area (Å²) >= 11 is 0. The Hall–Kier alpha value is -2.43. The lowest BCUT2D eigenvalue weighted by Gasteiger charge is -2.19. The highest BCUT2D eigenvalue weighted by Gasteiger charge is 2.34. The van der Waals surface area contributed by atoms with Crippen molar-refractivity contribution in [2.75, 3.05) is 7.11 Å². The summed E-state index contributed by atoms with van der Waals surface area (Å²) in [5.41, 5.74) is -0.151. The summed E-state index contributed by atoms with van der Waals surface area (Å²) < 4.78 is 4.95. The third-order valence-electron chi connectivity index (χ3n) is 3.09. The Balaban J connectivity index is 2.77. The summed E-state index contributed by atoms with van der Waals surface area (Å²) in [6.45, 7) is 2.64. The van der Waals surface area contributed by atoms with Crippen molar-refractivity contribution < 1.29 is 24.2 Å². The Morgan fingerprint density at radius 3 is 2.37 bits per heavy atom. The number of methoxy groups -OCH3 is 1. The molecule has 5 heteroatoms. The van der Waals surface area contributed by atoms with Crippen LogP contribution < -0.4 is 4.74 Å². The molecule has 0 saturated heterocycles. The van der Waals surface area contributed by atoms with Crippen LogP contribution in [-0.2, 0) is 4.79 Å². The van der Waals surface area contributed by atoms with Gasteiger partial charge in [-0.25, -0.2) is 0 Å². The van der Waals surface area contributed by atoms with Crippen molar-refractivity contribution in [1.82, 2.24) is 0 Å². The fourth-order valence-corrected chi connectivity index (χ4v) is 2.17. The van der Waals surface area contributed by atoms with Gasteiger partial charge in [0, 0.05) is 17.2 Å². The molecule has 0 fully saturated rings. The fraction of sp³-hybridized carbons (Fsp3) is 0.214. The van der Waals surface area contributed by atoms with Crippen molar-refractivity contribution in [2.45, 2.75) is 13.8 Å². The lowest BCUT2D eigenvalue weighted by atomic mass is 9.82. The highest BCUT2D eigenvalue weighted by atomic mass is 16.5. The van der Waals surface area contributed by atoms with Crippen LogP contribution >= 0.6 is 0 Å². The van der Waals surface area contributed by atoms with Gasteiger partial charge in [-0.1, -0.05) is 0 Å². The monoisotopic (exact) mass is 260 g/mol. The molecule has 0 amide bonds. The molecule has 5 nitrogen and oxygen atoms in total. The Labute approximate surface area is 109 Å². The van der Waals surface area contributed by atoms with E-state index in [0.29, 0.717) is 0 Å². The van der Waals surface area contributed by atoms with Gasteiger partial charge in [0.25, 0.3) is 0 Å². The van der Waals surface area contributed by atoms with Crippen LogP contribution in [0.15, 0.2) is 23.3 Å². The Morgan fingerprint density at radius 1 is 1.21 bits per heavy atom. The molecule has 0 atom stereocenters. The number of carbonyl (C=O) groups excluding carboxylic acids is 3. The number of phenols is 1. The molecule has 19 heavy (non-hydrogen) atoms. The van der Waals surface area contributed by atoms with Gasteiger partial charge in [-0.2, -0.15) is 0 Å². The van der Waals surface area contributed by atoms with Crippen molar-refractivity contribution in [1.29, 1.82) is 0 Å². The number of rotatable bonds is 2. The SMILES string of the molecule is COc1cc(O)c2c(c1)C(=O)C(C)=C(C(C)=O)C2=O. The summed E-state index contributed by atoms with van der Waals surface area (Å²) in [5.74, 6) is -1.65. The van der Waals surface area contributed by atoms with E-state index in [0.717, 1.165) is 0 Å². The molecule has 98 valence electrons. The second kappa shape index (κ2) is 4.35. The molecule has 1 aromatic rings. The van der Waals surface area contributed by atoms with Crippen LogP contribution in [0.1, 0.15) is 34.6 Å². The average molecular weight is 260 g/mol. The molecule has 0 spiro atoms. The van der Waals surface area contributed by atoms with Gasteiger partial charge in [-0.05, 0) is 19.9 Å². The minimum absolute atomic E-state index is 0.0596. The molecule has 0 saturated carbocycles. The molecule has 1 aliphatic carbocycles. The van der Waals surface area contributed by atoms with Crippen molar-refractivity contribution in [3.63, 3.8) is 0 Å². The van der Waals surface area contributed by atoms with Crippen LogP contribution in [-0.4, -0.2) is 29.6 Å². The largest absolute Gasteiger partial charge is 0.507 e. The van der Waals surface area contributed by atoms with Gasteiger partial charge < -0.3 is 9.84 Å². The van der Waals surface area contributed by atoms with Crippen LogP contribution in [0.4, 0.5) is 0 Å². The van der Waals surface area contributed by atoms with Gasteiger partial charge in [-0.15, -0.1) is 0 Å². The summed E-state index contributed by atoms with van der Waals surface area (Å²) in [4.78, 5) is 35.8. The van der Waals surface area contributed by atoms with Gasteiger partial charge in [0.15, 0.2) is 11.6 Å². The molecule has 0 unspecified atom stereocenters. The number of hydrogen-bond acceptors (Lipinski definition) is 5. The number of carbonyl (C=O) groups is 3. The minimum atomic E-state index is -0.625. The lowest BCUT2D eigenvalue weighted by molar-refractivity contribution is -0.113. The average Bonchev–Trinajstić information content (AvgIpc) is 2.34. The van der Waals surface area contributed by atoms with Gasteiger partial charge in [0.05, 0.1) is 18.2 Å². The molecule has 0 heterocycles. The topological polar surface area (TPSA) is 80.7 Å². The number of Topliss-reactive ketones (excluding diaryl/α,β-unsaturated/α-hetero) is 3. The quantitative estimate of drug-likeness (QED) is 0.818. The summed E-state index contributed by atoms with van der Waals surface area (Å²) in [5, 5.41) is 9.86. The summed E-state index contributed by atoms with van der Waals surface area (Å²) in [6, 6.07) is 2.62. The second-order valence-electron chi connectivity index (χ2n) is 4.28. The molecular formula is C14H12O5. The van der Waals surface area contributed by atoms with E-state index in [1.807, 2.05) is 0 Å². The maximum absolute atomic E-state index is 12.2. The molecule has 2 rings (SSSR count). The summed E-state index contributed by atoms with van der Waals surface area (Å²) in [6.07, 6.45) is 0. The van der Waals surface area contributed by atoms with Crippen molar-refractivity contribution in [2.24, 2.45) is 0 Å². The van der Waals surface area contributed by atoms with Crippen molar-refractivity contribution >= 4 is 17.3 Å². The lowest BCUT2D eigenvalue weighted by Crippen LogP contribution is -2.24. The number of aromatic hydroxyl groups is 1. The standard InChI is InChI=1S/C14H12O5/c1-6-11(7(2)15)14(18)12-9(13(6)17)4-8(19-3)5-10(12)16/h4-5,16H,1-3H3. The fourth-order valence-electron chi connectivity index (χ4n) is 2.17. The van der Waals surface area contributed by atoms with E-state index < -0.39 is 17.3 Å². The molecular weight excluding hydrogens is 248 g/mol. The van der Waals surface area contributed by atoms with Gasteiger partial charge in [0.1, 0.15) is 11.5 Å². The molecule has 1 aromatic carbocycles. The Bertz CT molecular complexity index is 652.